The molecule has 290 valence electrons. The quantitative estimate of drug-likeness (QED) is 0.173. The van der Waals surface area contributed by atoms with E-state index >= 15 is 0 Å². The number of hydrogen-bond donors (Lipinski definition) is 0. The topological polar surface area (TPSA) is 105 Å². The Morgan fingerprint density at radius 1 is 0.355 bits per heavy atom. The minimum atomic E-state index is -4.78. The van der Waals surface area contributed by atoms with Crippen molar-refractivity contribution < 1.29 is 13.2 Å². The van der Waals surface area contributed by atoms with Gasteiger partial charge >= 0.3 is 6.18 Å². The average Bonchev–Trinajstić information content (AvgIpc) is 3.82. The zero-order valence-corrected chi connectivity index (χ0v) is 32.4. The molecule has 0 bridgehead atoms. The van der Waals surface area contributed by atoms with E-state index in [2.05, 4.69) is 18.2 Å². The van der Waals surface area contributed by atoms with Gasteiger partial charge in [0, 0.05) is 27.1 Å². The monoisotopic (exact) mass is 804 g/mol. The normalized spacial score (nSPS) is 11.4. The van der Waals surface area contributed by atoms with Gasteiger partial charge in [-0.1, -0.05) is 84.9 Å². The standard InChI is InChI=1S/C53H27F3N6/c54-53(55,56)41-22-34(30-59)21-40(25-41)52-50(61-46-7-3-1-5-42(46)44-19-17-38(26-48(44)61)36-13-9-32(28-57)10-14-36)23-35(31-60)24-51(52)62-47-8-4-2-6-43(47)45-20-18-39(27-49(45)62)37-15-11-33(29-58)12-16-37/h1-27H. The van der Waals surface area contributed by atoms with Gasteiger partial charge in [-0.3, -0.25) is 0 Å². The molecule has 0 unspecified atom stereocenters. The maximum absolute atomic E-state index is 14.8. The molecule has 10 rings (SSSR count). The molecule has 0 aliphatic rings. The zero-order valence-electron chi connectivity index (χ0n) is 32.4. The molecule has 10 aromatic rings. The van der Waals surface area contributed by atoms with Crippen LogP contribution in [0.2, 0.25) is 0 Å². The summed E-state index contributed by atoms with van der Waals surface area (Å²) in [5.74, 6) is 0. The highest BCUT2D eigenvalue weighted by Gasteiger charge is 2.33. The number of halogens is 3. The molecule has 0 aliphatic heterocycles. The Hall–Kier alpha value is -8.89. The first-order valence-electron chi connectivity index (χ1n) is 19.5. The summed E-state index contributed by atoms with van der Waals surface area (Å²) in [5, 5.41) is 43.4. The first kappa shape index (κ1) is 37.4. The molecule has 0 amide bonds. The minimum Gasteiger partial charge on any atom is -0.308 e. The highest BCUT2D eigenvalue weighted by molar-refractivity contribution is 6.13. The van der Waals surface area contributed by atoms with Crippen molar-refractivity contribution in [2.75, 3.05) is 0 Å². The van der Waals surface area contributed by atoms with Crippen molar-refractivity contribution >= 4 is 43.6 Å². The fourth-order valence-corrected chi connectivity index (χ4v) is 8.62. The minimum absolute atomic E-state index is 0.134. The number of hydrogen-bond acceptors (Lipinski definition) is 4. The highest BCUT2D eigenvalue weighted by atomic mass is 19.4. The zero-order chi connectivity index (χ0) is 42.7. The third-order valence-corrected chi connectivity index (χ3v) is 11.4. The van der Waals surface area contributed by atoms with Gasteiger partial charge in [0.15, 0.2) is 0 Å². The molecule has 0 N–H and O–H groups in total. The number of para-hydroxylation sites is 2. The Kier molecular flexibility index (Phi) is 8.70. The Morgan fingerprint density at radius 3 is 1.19 bits per heavy atom. The van der Waals surface area contributed by atoms with Crippen molar-refractivity contribution in [3.05, 3.63) is 192 Å². The van der Waals surface area contributed by atoms with E-state index < -0.39 is 11.7 Å². The van der Waals surface area contributed by atoms with E-state index in [1.165, 1.54) is 6.07 Å². The largest absolute Gasteiger partial charge is 0.416 e. The van der Waals surface area contributed by atoms with Crippen molar-refractivity contribution in [2.24, 2.45) is 0 Å². The fourth-order valence-electron chi connectivity index (χ4n) is 8.62. The number of nitrogens with zero attached hydrogens (tertiary/aromatic N) is 6. The second-order valence-corrected chi connectivity index (χ2v) is 15.0. The van der Waals surface area contributed by atoms with Crippen molar-refractivity contribution in [3.63, 3.8) is 0 Å². The van der Waals surface area contributed by atoms with Gasteiger partial charge in [-0.15, -0.1) is 0 Å². The van der Waals surface area contributed by atoms with Crippen LogP contribution in [0, 0.1) is 45.3 Å². The molecule has 0 radical (unpaired) electrons. The number of aromatic nitrogens is 2. The van der Waals surface area contributed by atoms with Crippen LogP contribution in [0.3, 0.4) is 0 Å². The summed E-state index contributed by atoms with van der Waals surface area (Å²) in [6.45, 7) is 0. The molecule has 0 saturated carbocycles. The van der Waals surface area contributed by atoms with Crippen LogP contribution < -0.4 is 0 Å². The Balaban J connectivity index is 1.37. The first-order valence-corrected chi connectivity index (χ1v) is 19.5. The van der Waals surface area contributed by atoms with E-state index in [9.17, 15) is 34.2 Å². The molecule has 2 heterocycles. The van der Waals surface area contributed by atoms with Crippen LogP contribution in [0.5, 0.6) is 0 Å². The molecule has 9 heteroatoms. The van der Waals surface area contributed by atoms with Crippen molar-refractivity contribution in [1.82, 2.24) is 9.13 Å². The van der Waals surface area contributed by atoms with Crippen molar-refractivity contribution in [2.45, 2.75) is 6.18 Å². The second kappa shape index (κ2) is 14.4. The Bertz CT molecular complexity index is 3460. The number of fused-ring (bicyclic) bond motifs is 6. The van der Waals surface area contributed by atoms with E-state index in [1.54, 1.807) is 36.4 Å². The van der Waals surface area contributed by atoms with E-state index in [4.69, 9.17) is 0 Å². The molecule has 62 heavy (non-hydrogen) atoms. The van der Waals surface area contributed by atoms with Crippen LogP contribution in [0.15, 0.2) is 164 Å². The lowest BCUT2D eigenvalue weighted by Crippen LogP contribution is -2.08. The molecule has 0 saturated heterocycles. The lowest BCUT2D eigenvalue weighted by molar-refractivity contribution is -0.137. The third kappa shape index (κ3) is 6.09. The smallest absolute Gasteiger partial charge is 0.308 e. The molecule has 6 nitrogen and oxygen atoms in total. The number of rotatable bonds is 5. The van der Waals surface area contributed by atoms with E-state index in [0.717, 1.165) is 78.0 Å². The molecule has 0 atom stereocenters. The molecule has 0 fully saturated rings. The fraction of sp³-hybridized carbons (Fsp3) is 0.0189. The summed E-state index contributed by atoms with van der Waals surface area (Å²) in [5.41, 5.74) is 7.84. The number of alkyl halides is 3. The predicted molar refractivity (Wildman–Crippen MR) is 235 cm³/mol. The Labute approximate surface area is 352 Å². The SMILES string of the molecule is N#Cc1ccc(-c2ccc3c4ccccc4n(-c4cc(C#N)cc(-n5c6ccccc6c6ccc(-c7ccc(C#N)cc7)cc65)c4-c4cc(C#N)cc(C(F)(F)F)c4)c3c2)cc1. The van der Waals surface area contributed by atoms with Crippen LogP contribution in [0.25, 0.3) is 88.4 Å². The summed E-state index contributed by atoms with van der Waals surface area (Å²) in [4.78, 5) is 0. The van der Waals surface area contributed by atoms with Crippen molar-refractivity contribution in [3.8, 4) is 69.0 Å². The van der Waals surface area contributed by atoms with Gasteiger partial charge in [0.1, 0.15) is 0 Å². The van der Waals surface area contributed by atoms with Gasteiger partial charge in [0.25, 0.3) is 0 Å². The van der Waals surface area contributed by atoms with E-state index in [-0.39, 0.29) is 16.7 Å². The maximum Gasteiger partial charge on any atom is 0.416 e. The molecule has 0 aliphatic carbocycles. The van der Waals surface area contributed by atoms with Gasteiger partial charge in [0.05, 0.1) is 85.5 Å². The number of nitriles is 4. The molecule has 2 aromatic heterocycles. The van der Waals surface area contributed by atoms with Gasteiger partial charge < -0.3 is 9.13 Å². The molecule has 0 spiro atoms. The predicted octanol–water partition coefficient (Wildman–Crippen LogP) is 13.4. The lowest BCUT2D eigenvalue weighted by atomic mass is 9.94. The van der Waals surface area contributed by atoms with E-state index in [1.807, 2.05) is 124 Å². The summed E-state index contributed by atoms with van der Waals surface area (Å²) in [7, 11) is 0. The van der Waals surface area contributed by atoms with Crippen LogP contribution in [0.4, 0.5) is 13.2 Å². The Morgan fingerprint density at radius 2 is 0.758 bits per heavy atom. The van der Waals surface area contributed by atoms with Gasteiger partial charge in [-0.25, -0.2) is 0 Å². The van der Waals surface area contributed by atoms with Crippen LogP contribution in [0.1, 0.15) is 27.8 Å². The van der Waals surface area contributed by atoms with Crippen LogP contribution >= 0.6 is 0 Å². The van der Waals surface area contributed by atoms with Gasteiger partial charge in [0.2, 0.25) is 0 Å². The van der Waals surface area contributed by atoms with Gasteiger partial charge in [-0.2, -0.15) is 34.2 Å². The van der Waals surface area contributed by atoms with Crippen LogP contribution in [-0.2, 0) is 6.18 Å². The maximum atomic E-state index is 14.8. The molecular weight excluding hydrogens is 778 g/mol. The highest BCUT2D eigenvalue weighted by Crippen LogP contribution is 2.45. The van der Waals surface area contributed by atoms with Crippen LogP contribution in [-0.4, -0.2) is 9.13 Å². The van der Waals surface area contributed by atoms with Gasteiger partial charge in [-0.05, 0) is 107 Å². The summed E-state index contributed by atoms with van der Waals surface area (Å²) in [6, 6.07) is 57.4. The summed E-state index contributed by atoms with van der Waals surface area (Å²) < 4.78 is 48.4. The van der Waals surface area contributed by atoms with E-state index in [0.29, 0.717) is 28.1 Å². The third-order valence-electron chi connectivity index (χ3n) is 11.4. The average molecular weight is 805 g/mol. The first-order chi connectivity index (χ1) is 30.2. The second-order valence-electron chi connectivity index (χ2n) is 15.0. The summed E-state index contributed by atoms with van der Waals surface area (Å²) >= 11 is 0. The lowest BCUT2D eigenvalue weighted by Gasteiger charge is -2.22. The number of benzene rings is 8. The molecule has 8 aromatic carbocycles. The molecular formula is C53H27F3N6. The van der Waals surface area contributed by atoms with Crippen molar-refractivity contribution in [1.29, 1.82) is 21.0 Å². The summed E-state index contributed by atoms with van der Waals surface area (Å²) in [6.07, 6.45) is -4.78.